The summed E-state index contributed by atoms with van der Waals surface area (Å²) < 4.78 is 28.2. The number of fused-ring (bicyclic) bond motifs is 1. The minimum Gasteiger partial charge on any atom is -0.256 e. The van der Waals surface area contributed by atoms with Gasteiger partial charge in [0.05, 0.1) is 33.2 Å². The molecule has 4 aromatic rings. The van der Waals surface area contributed by atoms with Gasteiger partial charge in [0.15, 0.2) is 9.84 Å². The zero-order valence-electron chi connectivity index (χ0n) is 18.3. The van der Waals surface area contributed by atoms with Crippen molar-refractivity contribution < 1.29 is 8.42 Å². The number of aromatic nitrogens is 3. The van der Waals surface area contributed by atoms with E-state index in [0.717, 1.165) is 34.3 Å². The fourth-order valence-corrected chi connectivity index (χ4v) is 5.04. The van der Waals surface area contributed by atoms with Gasteiger partial charge >= 0.3 is 0 Å². The normalized spacial score (nSPS) is 12.4. The Bertz CT molecular complexity index is 1330. The van der Waals surface area contributed by atoms with Gasteiger partial charge in [0.2, 0.25) is 0 Å². The van der Waals surface area contributed by atoms with Crippen LogP contribution in [0.2, 0.25) is 0 Å². The van der Waals surface area contributed by atoms with Crippen LogP contribution in [0.25, 0.3) is 16.6 Å². The molecule has 2 heterocycles. The summed E-state index contributed by atoms with van der Waals surface area (Å²) in [5.41, 5.74) is 4.22. The maximum atomic E-state index is 13.2. The third-order valence-electron chi connectivity index (χ3n) is 5.97. The van der Waals surface area contributed by atoms with Crippen LogP contribution in [-0.4, -0.2) is 23.2 Å². The fraction of sp³-hybridized carbons (Fsp3) is 0.280. The van der Waals surface area contributed by atoms with Crippen LogP contribution in [0.4, 0.5) is 0 Å². The summed E-state index contributed by atoms with van der Waals surface area (Å²) in [6.45, 7) is 8.34. The molecule has 2 aromatic heterocycles. The number of aryl methyl sites for hydroxylation is 1. The van der Waals surface area contributed by atoms with Gasteiger partial charge in [-0.25, -0.2) is 13.1 Å². The molecule has 5 nitrogen and oxygen atoms in total. The molecule has 0 saturated carbocycles. The Kier molecular flexibility index (Phi) is 5.43. The Morgan fingerprint density at radius 2 is 1.74 bits per heavy atom. The van der Waals surface area contributed by atoms with Crippen molar-refractivity contribution >= 4 is 20.7 Å². The van der Waals surface area contributed by atoms with Crippen molar-refractivity contribution in [1.29, 1.82) is 0 Å². The molecular weight excluding hydrogens is 406 g/mol. The minimum absolute atomic E-state index is 0.0143. The van der Waals surface area contributed by atoms with Crippen molar-refractivity contribution in [2.75, 3.05) is 0 Å². The standard InChI is InChI=1S/C25H27N3O2S/c1-5-25(3,4)19-11-13-21(14-12-19)31(29,30)17-20-16-18(2)27-28(20)24-10-6-9-23-22(24)8-7-15-26-23/h6-16H,5,17H2,1-4H3. The van der Waals surface area contributed by atoms with Crippen LogP contribution < -0.4 is 0 Å². The minimum atomic E-state index is -3.53. The first-order chi connectivity index (χ1) is 14.7. The molecule has 0 atom stereocenters. The zero-order valence-corrected chi connectivity index (χ0v) is 19.1. The summed E-state index contributed by atoms with van der Waals surface area (Å²) in [6, 6.07) is 18.8. The Balaban J connectivity index is 1.72. The van der Waals surface area contributed by atoms with Gasteiger partial charge in [0.25, 0.3) is 0 Å². The predicted octanol–water partition coefficient (Wildman–Crippen LogP) is 5.39. The second kappa shape index (κ2) is 7.93. The van der Waals surface area contributed by atoms with E-state index >= 15 is 0 Å². The van der Waals surface area contributed by atoms with Crippen LogP contribution in [0.5, 0.6) is 0 Å². The lowest BCUT2D eigenvalue weighted by molar-refractivity contribution is 0.506. The van der Waals surface area contributed by atoms with Crippen LogP contribution >= 0.6 is 0 Å². The monoisotopic (exact) mass is 433 g/mol. The molecule has 0 unspecified atom stereocenters. The van der Waals surface area contributed by atoms with E-state index in [1.165, 1.54) is 0 Å². The van der Waals surface area contributed by atoms with E-state index < -0.39 is 9.84 Å². The van der Waals surface area contributed by atoms with Crippen LogP contribution in [-0.2, 0) is 21.0 Å². The van der Waals surface area contributed by atoms with Crippen LogP contribution in [0.1, 0.15) is 44.1 Å². The number of rotatable bonds is 6. The number of benzene rings is 2. The van der Waals surface area contributed by atoms with Crippen LogP contribution in [0.15, 0.2) is 71.8 Å². The van der Waals surface area contributed by atoms with E-state index in [2.05, 4.69) is 30.9 Å². The van der Waals surface area contributed by atoms with Crippen molar-refractivity contribution in [2.24, 2.45) is 0 Å². The number of hydrogen-bond donors (Lipinski definition) is 0. The molecule has 0 aliphatic carbocycles. The highest BCUT2D eigenvalue weighted by Crippen LogP contribution is 2.29. The van der Waals surface area contributed by atoms with E-state index in [1.807, 2.05) is 55.5 Å². The molecule has 6 heteroatoms. The second-order valence-corrected chi connectivity index (χ2v) is 10.5. The van der Waals surface area contributed by atoms with E-state index in [4.69, 9.17) is 0 Å². The number of sulfone groups is 1. The summed E-state index contributed by atoms with van der Waals surface area (Å²) in [6.07, 6.45) is 2.73. The van der Waals surface area contributed by atoms with Crippen LogP contribution in [0.3, 0.4) is 0 Å². The lowest BCUT2D eigenvalue weighted by atomic mass is 9.82. The van der Waals surface area contributed by atoms with E-state index in [-0.39, 0.29) is 11.2 Å². The van der Waals surface area contributed by atoms with Crippen molar-refractivity contribution in [2.45, 2.75) is 50.2 Å². The summed E-state index contributed by atoms with van der Waals surface area (Å²) in [7, 11) is -3.53. The third kappa shape index (κ3) is 4.12. The lowest BCUT2D eigenvalue weighted by Crippen LogP contribution is -2.16. The smallest absolute Gasteiger partial charge is 0.184 e. The quantitative estimate of drug-likeness (QED) is 0.409. The van der Waals surface area contributed by atoms with Gasteiger partial charge in [0, 0.05) is 11.6 Å². The molecule has 0 aliphatic rings. The molecule has 31 heavy (non-hydrogen) atoms. The predicted molar refractivity (Wildman–Crippen MR) is 124 cm³/mol. The molecular formula is C25H27N3O2S. The Morgan fingerprint density at radius 1 is 1.00 bits per heavy atom. The molecule has 0 spiro atoms. The zero-order chi connectivity index (χ0) is 22.2. The van der Waals surface area contributed by atoms with Gasteiger partial charge in [0.1, 0.15) is 0 Å². The van der Waals surface area contributed by atoms with E-state index in [9.17, 15) is 8.42 Å². The third-order valence-corrected chi connectivity index (χ3v) is 7.64. The molecule has 0 fully saturated rings. The van der Waals surface area contributed by atoms with Crippen LogP contribution in [0, 0.1) is 6.92 Å². The molecule has 4 rings (SSSR count). The largest absolute Gasteiger partial charge is 0.256 e. The Hall–Kier alpha value is -2.99. The molecule has 0 aliphatic heterocycles. The molecule has 2 aromatic carbocycles. The first-order valence-electron chi connectivity index (χ1n) is 10.4. The van der Waals surface area contributed by atoms with Gasteiger partial charge in [-0.15, -0.1) is 0 Å². The first-order valence-corrected chi connectivity index (χ1v) is 12.1. The van der Waals surface area contributed by atoms with Gasteiger partial charge in [-0.3, -0.25) is 4.98 Å². The second-order valence-electron chi connectivity index (χ2n) is 8.56. The van der Waals surface area contributed by atoms with Gasteiger partial charge < -0.3 is 0 Å². The van der Waals surface area contributed by atoms with Crippen molar-refractivity contribution in [3.63, 3.8) is 0 Å². The molecule has 0 saturated heterocycles. The highest BCUT2D eigenvalue weighted by Gasteiger charge is 2.22. The van der Waals surface area contributed by atoms with Crippen molar-refractivity contribution in [3.8, 4) is 5.69 Å². The van der Waals surface area contributed by atoms with Crippen molar-refractivity contribution in [3.05, 3.63) is 83.8 Å². The maximum absolute atomic E-state index is 13.2. The lowest BCUT2D eigenvalue weighted by Gasteiger charge is -2.23. The van der Waals surface area contributed by atoms with Crippen molar-refractivity contribution in [1.82, 2.24) is 14.8 Å². The Morgan fingerprint density at radius 3 is 2.45 bits per heavy atom. The molecule has 160 valence electrons. The summed E-state index contributed by atoms with van der Waals surface area (Å²) in [4.78, 5) is 4.73. The molecule has 0 N–H and O–H groups in total. The molecule has 0 radical (unpaired) electrons. The number of hydrogen-bond acceptors (Lipinski definition) is 4. The number of pyridine rings is 1. The maximum Gasteiger partial charge on any atom is 0.184 e. The summed E-state index contributed by atoms with van der Waals surface area (Å²) in [5.74, 6) is -0.124. The highest BCUT2D eigenvalue weighted by atomic mass is 32.2. The summed E-state index contributed by atoms with van der Waals surface area (Å²) in [5, 5.41) is 5.52. The summed E-state index contributed by atoms with van der Waals surface area (Å²) >= 11 is 0. The highest BCUT2D eigenvalue weighted by molar-refractivity contribution is 7.90. The topological polar surface area (TPSA) is 64.8 Å². The molecule has 0 amide bonds. The average Bonchev–Trinajstić information content (AvgIpc) is 3.12. The molecule has 0 bridgehead atoms. The average molecular weight is 434 g/mol. The number of nitrogens with zero attached hydrogens (tertiary/aromatic N) is 3. The van der Waals surface area contributed by atoms with Gasteiger partial charge in [-0.1, -0.05) is 39.0 Å². The van der Waals surface area contributed by atoms with Gasteiger partial charge in [-0.2, -0.15) is 5.10 Å². The van der Waals surface area contributed by atoms with Gasteiger partial charge in [-0.05, 0) is 66.8 Å². The van der Waals surface area contributed by atoms with E-state index in [0.29, 0.717) is 10.6 Å². The Labute approximate surface area is 183 Å². The van der Waals surface area contributed by atoms with E-state index in [1.54, 1.807) is 23.0 Å². The fourth-order valence-electron chi connectivity index (χ4n) is 3.73. The SMILES string of the molecule is CCC(C)(C)c1ccc(S(=O)(=O)Cc2cc(C)nn2-c2cccc3ncccc23)cc1. The first kappa shape index (κ1) is 21.2.